The van der Waals surface area contributed by atoms with Gasteiger partial charge < -0.3 is 10.7 Å². The maximum atomic E-state index is 8.52. The molecule has 0 aliphatic carbocycles. The van der Waals surface area contributed by atoms with Gasteiger partial charge >= 0.3 is 0 Å². The molecule has 0 bridgehead atoms. The Morgan fingerprint density at radius 3 is 2.73 bits per heavy atom. The van der Waals surface area contributed by atoms with Crippen molar-refractivity contribution in [3.8, 4) is 6.07 Å². The predicted molar refractivity (Wildman–Crippen MR) is 45.0 cm³/mol. The Hall–Kier alpha value is -1.56. The lowest BCUT2D eigenvalue weighted by Gasteiger charge is -2.03. The summed E-state index contributed by atoms with van der Waals surface area (Å²) in [5, 5.41) is 18.2. The lowest BCUT2D eigenvalue weighted by molar-refractivity contribution is 0.940. The third-order valence-corrected chi connectivity index (χ3v) is 1.22. The van der Waals surface area contributed by atoms with E-state index in [4.69, 9.17) is 10.7 Å². The summed E-state index contributed by atoms with van der Waals surface area (Å²) in [6.45, 7) is 5.38. The summed E-state index contributed by atoms with van der Waals surface area (Å²) in [7, 11) is 0. The molecule has 0 spiro atoms. The van der Waals surface area contributed by atoms with Crippen LogP contribution in [0, 0.1) is 16.7 Å². The van der Waals surface area contributed by atoms with Gasteiger partial charge in [0.25, 0.3) is 0 Å². The Morgan fingerprint density at radius 1 is 1.82 bits per heavy atom. The largest absolute Gasteiger partial charge is 0.364 e. The molecule has 0 rings (SSSR count). The molecule has 0 aliphatic rings. The third kappa shape index (κ3) is 2.67. The van der Waals surface area contributed by atoms with Crippen LogP contribution in [-0.4, -0.2) is 6.21 Å². The number of allylic oxidation sites excluding steroid dienone is 2. The van der Waals surface area contributed by atoms with E-state index in [-0.39, 0.29) is 0 Å². The molecule has 0 aromatic heterocycles. The van der Waals surface area contributed by atoms with Crippen LogP contribution >= 0.6 is 0 Å². The molecule has 0 radical (unpaired) electrons. The normalized spacial score (nSPS) is 10.9. The summed E-state index contributed by atoms with van der Waals surface area (Å²) in [5.74, 6) is 0. The van der Waals surface area contributed by atoms with Crippen LogP contribution in [0.25, 0.3) is 0 Å². The summed E-state index contributed by atoms with van der Waals surface area (Å²) in [5.41, 5.74) is 1.09. The van der Waals surface area contributed by atoms with Crippen LogP contribution in [0.5, 0.6) is 0 Å². The van der Waals surface area contributed by atoms with Crippen LogP contribution in [0.1, 0.15) is 13.3 Å². The van der Waals surface area contributed by atoms with Crippen LogP contribution in [0.15, 0.2) is 24.0 Å². The molecule has 0 atom stereocenters. The number of nitrogens with one attached hydrogen (secondary N) is 2. The van der Waals surface area contributed by atoms with E-state index in [0.29, 0.717) is 12.0 Å². The molecule has 0 aliphatic heterocycles. The molecule has 0 amide bonds. The number of nitriles is 1. The van der Waals surface area contributed by atoms with E-state index in [9.17, 15) is 0 Å². The minimum atomic E-state index is 0.354. The van der Waals surface area contributed by atoms with Crippen LogP contribution < -0.4 is 5.32 Å². The minimum absolute atomic E-state index is 0.354. The van der Waals surface area contributed by atoms with E-state index in [1.807, 2.05) is 13.0 Å². The zero-order valence-corrected chi connectivity index (χ0v) is 6.52. The molecule has 58 valence electrons. The van der Waals surface area contributed by atoms with Gasteiger partial charge in [-0.1, -0.05) is 13.5 Å². The summed E-state index contributed by atoms with van der Waals surface area (Å²) in [4.78, 5) is 0. The third-order valence-electron chi connectivity index (χ3n) is 1.22. The highest BCUT2D eigenvalue weighted by atomic mass is 14.8. The van der Waals surface area contributed by atoms with Gasteiger partial charge in [-0.3, -0.25) is 0 Å². The van der Waals surface area contributed by atoms with Gasteiger partial charge in [-0.15, -0.1) is 0 Å². The lowest BCUT2D eigenvalue weighted by Crippen LogP contribution is -2.06. The lowest BCUT2D eigenvalue weighted by atomic mass is 10.2. The fraction of sp³-hybridized carbons (Fsp3) is 0.250. The number of hydrogen-bond donors (Lipinski definition) is 2. The van der Waals surface area contributed by atoms with Crippen molar-refractivity contribution >= 4 is 6.21 Å². The van der Waals surface area contributed by atoms with Crippen molar-refractivity contribution in [1.29, 1.82) is 10.7 Å². The maximum Gasteiger partial charge on any atom is 0.103 e. The second-order valence-electron chi connectivity index (χ2n) is 1.85. The standard InChI is InChI=1S/C8H11N3/c1-3-8(11-4-2)7(5-9)6-10/h4-5,9,11H,2-3H2,1H3/b8-7+,9-5?. The van der Waals surface area contributed by atoms with E-state index >= 15 is 0 Å². The Labute approximate surface area is 66.5 Å². The summed E-state index contributed by atoms with van der Waals surface area (Å²) in [6, 6.07) is 1.91. The number of nitrogens with zero attached hydrogens (tertiary/aromatic N) is 1. The Kier molecular flexibility index (Phi) is 4.50. The monoisotopic (exact) mass is 149 g/mol. The van der Waals surface area contributed by atoms with Gasteiger partial charge in [0.15, 0.2) is 0 Å². The molecule has 3 heteroatoms. The quantitative estimate of drug-likeness (QED) is 0.470. The SMILES string of the molecule is C=CN/C(CC)=C(/C#N)C=N. The topological polar surface area (TPSA) is 59.7 Å². The van der Waals surface area contributed by atoms with Crippen LogP contribution in [-0.2, 0) is 0 Å². The fourth-order valence-corrected chi connectivity index (χ4v) is 0.680. The zero-order valence-electron chi connectivity index (χ0n) is 6.52. The highest BCUT2D eigenvalue weighted by Gasteiger charge is 1.98. The van der Waals surface area contributed by atoms with E-state index in [1.54, 1.807) is 0 Å². The van der Waals surface area contributed by atoms with Crippen molar-refractivity contribution < 1.29 is 0 Å². The molecule has 0 aromatic rings. The van der Waals surface area contributed by atoms with E-state index in [1.165, 1.54) is 6.20 Å². The first-order valence-corrected chi connectivity index (χ1v) is 3.31. The molecular formula is C8H11N3. The minimum Gasteiger partial charge on any atom is -0.364 e. The van der Waals surface area contributed by atoms with Crippen LogP contribution in [0.2, 0.25) is 0 Å². The first kappa shape index (κ1) is 9.44. The van der Waals surface area contributed by atoms with Gasteiger partial charge in [0, 0.05) is 11.9 Å². The molecule has 0 heterocycles. The average Bonchev–Trinajstić information content (AvgIpc) is 2.05. The summed E-state index contributed by atoms with van der Waals surface area (Å²) in [6.07, 6.45) is 3.24. The van der Waals surface area contributed by atoms with Gasteiger partial charge in [-0.05, 0) is 12.6 Å². The number of rotatable bonds is 4. The van der Waals surface area contributed by atoms with Gasteiger partial charge in [0.05, 0.1) is 5.57 Å². The summed E-state index contributed by atoms with van der Waals surface area (Å²) < 4.78 is 0. The van der Waals surface area contributed by atoms with E-state index in [2.05, 4.69) is 11.9 Å². The molecule has 0 saturated heterocycles. The molecule has 2 N–H and O–H groups in total. The molecule has 0 aromatic carbocycles. The average molecular weight is 149 g/mol. The smallest absolute Gasteiger partial charge is 0.103 e. The van der Waals surface area contributed by atoms with Crippen molar-refractivity contribution in [2.24, 2.45) is 0 Å². The van der Waals surface area contributed by atoms with E-state index < -0.39 is 0 Å². The van der Waals surface area contributed by atoms with Crippen molar-refractivity contribution in [3.05, 3.63) is 24.0 Å². The van der Waals surface area contributed by atoms with Crippen molar-refractivity contribution in [1.82, 2.24) is 5.32 Å². The molecule has 11 heavy (non-hydrogen) atoms. The predicted octanol–water partition coefficient (Wildman–Crippen LogP) is 1.56. The van der Waals surface area contributed by atoms with E-state index in [0.717, 1.165) is 11.9 Å². The van der Waals surface area contributed by atoms with Crippen molar-refractivity contribution in [2.45, 2.75) is 13.3 Å². The molecule has 0 saturated carbocycles. The highest BCUT2D eigenvalue weighted by Crippen LogP contribution is 2.01. The van der Waals surface area contributed by atoms with Crippen molar-refractivity contribution in [3.63, 3.8) is 0 Å². The van der Waals surface area contributed by atoms with Crippen molar-refractivity contribution in [2.75, 3.05) is 0 Å². The molecule has 0 fully saturated rings. The second kappa shape index (κ2) is 5.24. The van der Waals surface area contributed by atoms with Crippen LogP contribution in [0.3, 0.4) is 0 Å². The zero-order chi connectivity index (χ0) is 8.69. The highest BCUT2D eigenvalue weighted by molar-refractivity contribution is 5.82. The Bertz CT molecular complexity index is 220. The summed E-state index contributed by atoms with van der Waals surface area (Å²) >= 11 is 0. The molecule has 3 nitrogen and oxygen atoms in total. The Morgan fingerprint density at radius 2 is 2.45 bits per heavy atom. The van der Waals surface area contributed by atoms with Gasteiger partial charge in [-0.2, -0.15) is 5.26 Å². The first-order chi connectivity index (χ1) is 5.29. The number of hydrogen-bond acceptors (Lipinski definition) is 3. The second-order valence-corrected chi connectivity index (χ2v) is 1.85. The van der Waals surface area contributed by atoms with Crippen LogP contribution in [0.4, 0.5) is 0 Å². The molecular weight excluding hydrogens is 138 g/mol. The van der Waals surface area contributed by atoms with Gasteiger partial charge in [-0.25, -0.2) is 0 Å². The Balaban J connectivity index is 4.64. The van der Waals surface area contributed by atoms with Gasteiger partial charge in [0.1, 0.15) is 6.07 Å². The molecule has 0 unspecified atom stereocenters. The maximum absolute atomic E-state index is 8.52. The van der Waals surface area contributed by atoms with Gasteiger partial charge in [0.2, 0.25) is 0 Å². The fourth-order valence-electron chi connectivity index (χ4n) is 0.680. The first-order valence-electron chi connectivity index (χ1n) is 3.31.